The van der Waals surface area contributed by atoms with Crippen molar-refractivity contribution in [2.75, 3.05) is 6.61 Å². The number of benzene rings is 3. The number of ether oxygens (including phenoxy) is 1. The molecule has 0 aromatic heterocycles. The Morgan fingerprint density at radius 2 is 1.50 bits per heavy atom. The van der Waals surface area contributed by atoms with Crippen molar-refractivity contribution in [3.63, 3.8) is 0 Å². The molecule has 1 saturated heterocycles. The van der Waals surface area contributed by atoms with Crippen molar-refractivity contribution in [1.29, 1.82) is 0 Å². The van der Waals surface area contributed by atoms with Crippen LogP contribution in [0.25, 0.3) is 0 Å². The molecule has 1 fully saturated rings. The van der Waals surface area contributed by atoms with Gasteiger partial charge in [-0.25, -0.2) is 0 Å². The Balaban J connectivity index is 1.56. The van der Waals surface area contributed by atoms with Crippen LogP contribution in [0.3, 0.4) is 0 Å². The van der Waals surface area contributed by atoms with Gasteiger partial charge in [0.15, 0.2) is 5.78 Å². The molecule has 0 amide bonds. The molecule has 4 nitrogen and oxygen atoms in total. The van der Waals surface area contributed by atoms with Crippen molar-refractivity contribution >= 4 is 17.3 Å². The maximum Gasteiger partial charge on any atom is 0.163 e. The van der Waals surface area contributed by atoms with E-state index in [1.54, 1.807) is 0 Å². The van der Waals surface area contributed by atoms with E-state index in [1.165, 1.54) is 16.7 Å². The summed E-state index contributed by atoms with van der Waals surface area (Å²) in [5.41, 5.74) is 6.76. The zero-order valence-corrected chi connectivity index (χ0v) is 26.3. The smallest absolute Gasteiger partial charge is 0.163 e. The van der Waals surface area contributed by atoms with Crippen LogP contribution in [-0.2, 0) is 27.2 Å². The van der Waals surface area contributed by atoms with E-state index in [2.05, 4.69) is 26.0 Å². The van der Waals surface area contributed by atoms with Crippen LogP contribution >= 0.6 is 0 Å². The van der Waals surface area contributed by atoms with E-state index >= 15 is 0 Å². The molecule has 0 bridgehead atoms. The van der Waals surface area contributed by atoms with Gasteiger partial charge in [-0.3, -0.25) is 14.4 Å². The lowest BCUT2D eigenvalue weighted by atomic mass is 9.71. The molecule has 42 heavy (non-hydrogen) atoms. The quantitative estimate of drug-likeness (QED) is 0.210. The summed E-state index contributed by atoms with van der Waals surface area (Å²) in [6.07, 6.45) is 1.91. The zero-order chi connectivity index (χ0) is 30.6. The van der Waals surface area contributed by atoms with E-state index in [1.807, 2.05) is 89.2 Å². The Morgan fingerprint density at radius 1 is 0.857 bits per heavy atom. The van der Waals surface area contributed by atoms with Crippen LogP contribution in [0.1, 0.15) is 77.4 Å². The van der Waals surface area contributed by atoms with Crippen molar-refractivity contribution in [3.05, 3.63) is 106 Å². The summed E-state index contributed by atoms with van der Waals surface area (Å²) in [6, 6.07) is 22.1. The van der Waals surface area contributed by atoms with Gasteiger partial charge in [-0.05, 0) is 93.7 Å². The molecule has 0 saturated carbocycles. The number of carbonyl (C=O) groups excluding carboxylic acids is 3. The van der Waals surface area contributed by atoms with Crippen LogP contribution in [0.5, 0.6) is 0 Å². The van der Waals surface area contributed by atoms with Crippen molar-refractivity contribution in [1.82, 2.24) is 0 Å². The maximum atomic E-state index is 14.2. The Kier molecular flexibility index (Phi) is 9.99. The summed E-state index contributed by atoms with van der Waals surface area (Å²) in [7, 11) is 0. The highest BCUT2D eigenvalue weighted by Crippen LogP contribution is 2.41. The molecule has 4 atom stereocenters. The van der Waals surface area contributed by atoms with E-state index in [-0.39, 0.29) is 36.3 Å². The van der Waals surface area contributed by atoms with Crippen LogP contribution in [-0.4, -0.2) is 29.6 Å². The fourth-order valence-electron chi connectivity index (χ4n) is 6.64. The van der Waals surface area contributed by atoms with E-state index in [0.717, 1.165) is 22.3 Å². The van der Waals surface area contributed by atoms with Crippen LogP contribution in [0.4, 0.5) is 0 Å². The van der Waals surface area contributed by atoms with E-state index in [0.29, 0.717) is 19.3 Å². The van der Waals surface area contributed by atoms with Gasteiger partial charge in [0.25, 0.3) is 0 Å². The maximum absolute atomic E-state index is 14.2. The Morgan fingerprint density at radius 3 is 2.19 bits per heavy atom. The number of Topliss-reactive ketones (excluding diaryl/α,β-unsaturated/α-hetero) is 3. The molecular formula is C38H46O4. The van der Waals surface area contributed by atoms with Gasteiger partial charge >= 0.3 is 0 Å². The van der Waals surface area contributed by atoms with Gasteiger partial charge in [0.05, 0.1) is 24.0 Å². The summed E-state index contributed by atoms with van der Waals surface area (Å²) in [4.78, 5) is 41.6. The van der Waals surface area contributed by atoms with Crippen molar-refractivity contribution in [3.8, 4) is 0 Å². The van der Waals surface area contributed by atoms with Gasteiger partial charge in [-0.15, -0.1) is 0 Å². The van der Waals surface area contributed by atoms with Crippen LogP contribution < -0.4 is 0 Å². The zero-order valence-electron chi connectivity index (χ0n) is 26.3. The fourth-order valence-corrected chi connectivity index (χ4v) is 6.64. The summed E-state index contributed by atoms with van der Waals surface area (Å²) in [5, 5.41) is 0. The fraction of sp³-hybridized carbons (Fsp3) is 0.447. The van der Waals surface area contributed by atoms with Crippen LogP contribution in [0.15, 0.2) is 66.7 Å². The molecule has 3 aromatic carbocycles. The SMILES string of the molecule is Cc1cccc(CCC(=O)C2C(C(=O)C(C)C(CC(=O)c3cccc(C)c3C)Cc3ccccc3)COC2(C)C)c1C. The van der Waals surface area contributed by atoms with Gasteiger partial charge in [0.1, 0.15) is 11.6 Å². The minimum atomic E-state index is -0.720. The lowest BCUT2D eigenvalue weighted by Gasteiger charge is -2.30. The summed E-state index contributed by atoms with van der Waals surface area (Å²) in [6.45, 7) is 14.2. The first-order valence-corrected chi connectivity index (χ1v) is 15.3. The average Bonchev–Trinajstić information content (AvgIpc) is 3.29. The van der Waals surface area contributed by atoms with E-state index in [4.69, 9.17) is 4.74 Å². The lowest BCUT2D eigenvalue weighted by Crippen LogP contribution is -2.41. The number of hydrogen-bond donors (Lipinski definition) is 0. The number of carbonyl (C=O) groups is 3. The van der Waals surface area contributed by atoms with Crippen LogP contribution in [0.2, 0.25) is 0 Å². The molecule has 0 aliphatic carbocycles. The van der Waals surface area contributed by atoms with E-state index < -0.39 is 23.4 Å². The molecule has 1 aliphatic rings. The molecule has 0 radical (unpaired) electrons. The average molecular weight is 567 g/mol. The first kappa shape index (κ1) is 31.6. The van der Waals surface area contributed by atoms with Crippen molar-refractivity contribution in [2.24, 2.45) is 23.7 Å². The molecule has 222 valence electrons. The van der Waals surface area contributed by atoms with E-state index in [9.17, 15) is 14.4 Å². The van der Waals surface area contributed by atoms with Crippen molar-refractivity contribution in [2.45, 2.75) is 79.8 Å². The Hall–Kier alpha value is -3.37. The molecule has 0 spiro atoms. The molecule has 3 aromatic rings. The van der Waals surface area contributed by atoms with Gasteiger partial charge in [-0.1, -0.05) is 73.7 Å². The number of aryl methyl sites for hydroxylation is 3. The monoisotopic (exact) mass is 566 g/mol. The lowest BCUT2D eigenvalue weighted by molar-refractivity contribution is -0.135. The first-order valence-electron chi connectivity index (χ1n) is 15.3. The van der Waals surface area contributed by atoms with Gasteiger partial charge in [0.2, 0.25) is 0 Å². The predicted octanol–water partition coefficient (Wildman–Crippen LogP) is 7.80. The minimum Gasteiger partial charge on any atom is -0.374 e. The molecule has 4 unspecified atom stereocenters. The number of rotatable bonds is 12. The molecule has 1 aliphatic heterocycles. The topological polar surface area (TPSA) is 60.4 Å². The Labute approximate surface area is 251 Å². The molecule has 4 heteroatoms. The third-order valence-electron chi connectivity index (χ3n) is 9.71. The number of ketones is 3. The minimum absolute atomic E-state index is 0.0281. The molecule has 0 N–H and O–H groups in total. The summed E-state index contributed by atoms with van der Waals surface area (Å²) in [5.74, 6) is -1.46. The summed E-state index contributed by atoms with van der Waals surface area (Å²) >= 11 is 0. The van der Waals surface area contributed by atoms with Gasteiger partial charge in [-0.2, -0.15) is 0 Å². The van der Waals surface area contributed by atoms with Crippen LogP contribution in [0, 0.1) is 51.4 Å². The first-order chi connectivity index (χ1) is 19.9. The standard InChI is InChI=1S/C38H46O4/c1-24-13-11-17-30(26(24)3)19-20-34(39)36-33(23-42-38(36,6)7)37(41)28(5)31(21-29-15-9-8-10-16-29)22-35(40)32-18-12-14-25(2)27(32)4/h8-18,28,31,33,36H,19-23H2,1-7H3. The molecule has 4 rings (SSSR count). The second-order valence-corrected chi connectivity index (χ2v) is 12.8. The molecule has 1 heterocycles. The molecular weight excluding hydrogens is 520 g/mol. The third kappa shape index (κ3) is 6.98. The normalized spacial score (nSPS) is 19.3. The van der Waals surface area contributed by atoms with Gasteiger partial charge in [0, 0.05) is 24.3 Å². The highest BCUT2D eigenvalue weighted by molar-refractivity contribution is 5.98. The highest BCUT2D eigenvalue weighted by atomic mass is 16.5. The number of hydrogen-bond acceptors (Lipinski definition) is 4. The second-order valence-electron chi connectivity index (χ2n) is 12.8. The Bertz CT molecular complexity index is 1430. The van der Waals surface area contributed by atoms with Crippen molar-refractivity contribution < 1.29 is 19.1 Å². The predicted molar refractivity (Wildman–Crippen MR) is 169 cm³/mol. The highest BCUT2D eigenvalue weighted by Gasteiger charge is 2.51. The second kappa shape index (κ2) is 13.3. The van der Waals surface area contributed by atoms with Gasteiger partial charge < -0.3 is 4.74 Å². The summed E-state index contributed by atoms with van der Waals surface area (Å²) < 4.78 is 6.12. The third-order valence-corrected chi connectivity index (χ3v) is 9.71. The largest absolute Gasteiger partial charge is 0.374 e.